The van der Waals surface area contributed by atoms with Crippen molar-refractivity contribution in [3.63, 3.8) is 0 Å². The standard InChI is InChI=1S/C11H18N4O3/c1-6-4-9(5-18-6)10-12-13-14-15(10)8(3)7(2)11(16)17/h6-9H,4-5H2,1-3H3,(H,16,17). The number of aliphatic carboxylic acids is 1. The minimum Gasteiger partial charge on any atom is -0.481 e. The van der Waals surface area contributed by atoms with Crippen LogP contribution in [0.5, 0.6) is 0 Å². The summed E-state index contributed by atoms with van der Waals surface area (Å²) in [6, 6.07) is -0.275. The normalized spacial score (nSPS) is 27.1. The maximum atomic E-state index is 11.0. The van der Waals surface area contributed by atoms with Gasteiger partial charge in [-0.25, -0.2) is 4.68 Å². The number of aromatic nitrogens is 4. The summed E-state index contributed by atoms with van der Waals surface area (Å²) in [5.41, 5.74) is 0. The van der Waals surface area contributed by atoms with Gasteiger partial charge < -0.3 is 9.84 Å². The number of hydrogen-bond acceptors (Lipinski definition) is 5. The second-order valence-corrected chi connectivity index (χ2v) is 4.93. The highest BCUT2D eigenvalue weighted by atomic mass is 16.5. The average molecular weight is 254 g/mol. The lowest BCUT2D eigenvalue weighted by Gasteiger charge is -2.18. The predicted octanol–water partition coefficient (Wildman–Crippen LogP) is 0.847. The van der Waals surface area contributed by atoms with Crippen LogP contribution in [-0.4, -0.2) is 44.0 Å². The number of nitrogens with zero attached hydrogens (tertiary/aromatic N) is 4. The molecule has 4 atom stereocenters. The minimum absolute atomic E-state index is 0.151. The zero-order valence-corrected chi connectivity index (χ0v) is 10.8. The third-order valence-corrected chi connectivity index (χ3v) is 3.58. The zero-order chi connectivity index (χ0) is 13.3. The lowest BCUT2D eigenvalue weighted by atomic mass is 10.0. The van der Waals surface area contributed by atoms with E-state index in [1.165, 1.54) is 0 Å². The molecule has 0 radical (unpaired) electrons. The van der Waals surface area contributed by atoms with Gasteiger partial charge in [0.1, 0.15) is 0 Å². The van der Waals surface area contributed by atoms with Crippen molar-refractivity contribution in [2.75, 3.05) is 6.61 Å². The number of carboxylic acid groups (broad SMARTS) is 1. The quantitative estimate of drug-likeness (QED) is 0.856. The Balaban J connectivity index is 2.19. The molecule has 1 aliphatic rings. The average Bonchev–Trinajstić information content (AvgIpc) is 2.94. The first-order chi connectivity index (χ1) is 8.50. The van der Waals surface area contributed by atoms with Gasteiger partial charge in [0.2, 0.25) is 0 Å². The maximum Gasteiger partial charge on any atom is 0.308 e. The minimum atomic E-state index is -0.847. The van der Waals surface area contributed by atoms with Gasteiger partial charge in [0, 0.05) is 5.92 Å². The monoisotopic (exact) mass is 254 g/mol. The second-order valence-electron chi connectivity index (χ2n) is 4.93. The lowest BCUT2D eigenvalue weighted by Crippen LogP contribution is -2.25. The summed E-state index contributed by atoms with van der Waals surface area (Å²) in [4.78, 5) is 11.0. The molecule has 1 fully saturated rings. The molecule has 100 valence electrons. The van der Waals surface area contributed by atoms with Crippen LogP contribution in [-0.2, 0) is 9.53 Å². The van der Waals surface area contributed by atoms with Crippen LogP contribution in [0, 0.1) is 5.92 Å². The van der Waals surface area contributed by atoms with Crippen molar-refractivity contribution < 1.29 is 14.6 Å². The SMILES string of the molecule is CC1CC(c2nnnn2C(C)C(C)C(=O)O)CO1. The van der Waals surface area contributed by atoms with Crippen molar-refractivity contribution >= 4 is 5.97 Å². The molecule has 0 aromatic carbocycles. The second kappa shape index (κ2) is 5.01. The van der Waals surface area contributed by atoms with Crippen molar-refractivity contribution in [3.05, 3.63) is 5.82 Å². The molecule has 2 heterocycles. The molecule has 0 amide bonds. The Kier molecular flexibility index (Phi) is 3.60. The van der Waals surface area contributed by atoms with Crippen molar-refractivity contribution in [1.82, 2.24) is 20.2 Å². The topological polar surface area (TPSA) is 90.1 Å². The zero-order valence-electron chi connectivity index (χ0n) is 10.8. The Labute approximate surface area is 105 Å². The third-order valence-electron chi connectivity index (χ3n) is 3.58. The van der Waals surface area contributed by atoms with Gasteiger partial charge in [0.15, 0.2) is 5.82 Å². The van der Waals surface area contributed by atoms with E-state index in [-0.39, 0.29) is 18.1 Å². The van der Waals surface area contributed by atoms with E-state index < -0.39 is 11.9 Å². The molecular weight excluding hydrogens is 236 g/mol. The fourth-order valence-electron chi connectivity index (χ4n) is 2.17. The molecular formula is C11H18N4O3. The molecule has 0 saturated carbocycles. The van der Waals surface area contributed by atoms with Crippen LogP contribution in [0.2, 0.25) is 0 Å². The fraction of sp³-hybridized carbons (Fsp3) is 0.818. The third kappa shape index (κ3) is 2.35. The highest BCUT2D eigenvalue weighted by Gasteiger charge is 2.31. The first kappa shape index (κ1) is 12.9. The van der Waals surface area contributed by atoms with E-state index in [1.54, 1.807) is 11.6 Å². The van der Waals surface area contributed by atoms with Crippen LogP contribution in [0.25, 0.3) is 0 Å². The van der Waals surface area contributed by atoms with Crippen molar-refractivity contribution in [2.24, 2.45) is 5.92 Å². The highest BCUT2D eigenvalue weighted by Crippen LogP contribution is 2.29. The molecule has 4 unspecified atom stereocenters. The van der Waals surface area contributed by atoms with Crippen LogP contribution < -0.4 is 0 Å². The van der Waals surface area contributed by atoms with Gasteiger partial charge in [-0.3, -0.25) is 4.79 Å². The molecule has 0 aliphatic carbocycles. The van der Waals surface area contributed by atoms with E-state index in [4.69, 9.17) is 9.84 Å². The summed E-state index contributed by atoms with van der Waals surface area (Å²) >= 11 is 0. The Bertz CT molecular complexity index is 434. The summed E-state index contributed by atoms with van der Waals surface area (Å²) in [5.74, 6) is -0.509. The number of carbonyl (C=O) groups is 1. The Morgan fingerprint density at radius 1 is 1.56 bits per heavy atom. The Morgan fingerprint density at radius 3 is 2.83 bits per heavy atom. The molecule has 1 aliphatic heterocycles. The molecule has 0 spiro atoms. The molecule has 1 N–H and O–H groups in total. The van der Waals surface area contributed by atoms with Gasteiger partial charge in [0.25, 0.3) is 0 Å². The van der Waals surface area contributed by atoms with Crippen LogP contribution >= 0.6 is 0 Å². The smallest absolute Gasteiger partial charge is 0.308 e. The number of hydrogen-bond donors (Lipinski definition) is 1. The van der Waals surface area contributed by atoms with E-state index in [0.29, 0.717) is 6.61 Å². The molecule has 1 saturated heterocycles. The molecule has 1 aromatic heterocycles. The van der Waals surface area contributed by atoms with Gasteiger partial charge >= 0.3 is 5.97 Å². The number of tetrazole rings is 1. The largest absolute Gasteiger partial charge is 0.481 e. The molecule has 18 heavy (non-hydrogen) atoms. The Morgan fingerprint density at radius 2 is 2.28 bits per heavy atom. The van der Waals surface area contributed by atoms with Crippen molar-refractivity contribution in [1.29, 1.82) is 0 Å². The maximum absolute atomic E-state index is 11.0. The van der Waals surface area contributed by atoms with Crippen LogP contribution in [0.3, 0.4) is 0 Å². The van der Waals surface area contributed by atoms with Crippen molar-refractivity contribution in [2.45, 2.75) is 45.3 Å². The molecule has 7 heteroatoms. The van der Waals surface area contributed by atoms with Crippen LogP contribution in [0.15, 0.2) is 0 Å². The molecule has 1 aromatic rings. The number of rotatable bonds is 4. The summed E-state index contributed by atoms with van der Waals surface area (Å²) < 4.78 is 7.12. The van der Waals surface area contributed by atoms with Crippen LogP contribution in [0.4, 0.5) is 0 Å². The fourth-order valence-corrected chi connectivity index (χ4v) is 2.17. The van der Waals surface area contributed by atoms with Gasteiger partial charge in [-0.2, -0.15) is 0 Å². The highest BCUT2D eigenvalue weighted by molar-refractivity contribution is 5.70. The van der Waals surface area contributed by atoms with Gasteiger partial charge in [-0.15, -0.1) is 5.10 Å². The van der Waals surface area contributed by atoms with Gasteiger partial charge in [-0.05, 0) is 37.6 Å². The van der Waals surface area contributed by atoms with E-state index >= 15 is 0 Å². The van der Waals surface area contributed by atoms with E-state index in [2.05, 4.69) is 15.5 Å². The van der Waals surface area contributed by atoms with E-state index in [1.807, 2.05) is 13.8 Å². The summed E-state index contributed by atoms with van der Waals surface area (Å²) in [5, 5.41) is 20.7. The summed E-state index contributed by atoms with van der Waals surface area (Å²) in [6.07, 6.45) is 1.07. The van der Waals surface area contributed by atoms with Crippen LogP contribution in [0.1, 0.15) is 45.0 Å². The lowest BCUT2D eigenvalue weighted by molar-refractivity contribution is -0.142. The Hall–Kier alpha value is -1.50. The van der Waals surface area contributed by atoms with E-state index in [0.717, 1.165) is 12.2 Å². The first-order valence-corrected chi connectivity index (χ1v) is 6.13. The van der Waals surface area contributed by atoms with Crippen molar-refractivity contribution in [3.8, 4) is 0 Å². The summed E-state index contributed by atoms with van der Waals surface area (Å²) in [7, 11) is 0. The number of ether oxygens (including phenoxy) is 1. The molecule has 0 bridgehead atoms. The first-order valence-electron chi connectivity index (χ1n) is 6.13. The molecule has 2 rings (SSSR count). The van der Waals surface area contributed by atoms with E-state index in [9.17, 15) is 4.79 Å². The van der Waals surface area contributed by atoms with Gasteiger partial charge in [-0.1, -0.05) is 0 Å². The van der Waals surface area contributed by atoms with Gasteiger partial charge in [0.05, 0.1) is 24.7 Å². The predicted molar refractivity (Wildman–Crippen MR) is 62.1 cm³/mol. The summed E-state index contributed by atoms with van der Waals surface area (Å²) in [6.45, 7) is 6.08. The molecule has 7 nitrogen and oxygen atoms in total. The number of carboxylic acids is 1.